The lowest BCUT2D eigenvalue weighted by Gasteiger charge is -2.10. The van der Waals surface area contributed by atoms with Crippen LogP contribution in [0.2, 0.25) is 0 Å². The van der Waals surface area contributed by atoms with Gasteiger partial charge < -0.3 is 4.74 Å². The van der Waals surface area contributed by atoms with E-state index in [2.05, 4.69) is 15.0 Å². The van der Waals surface area contributed by atoms with Crippen LogP contribution in [-0.4, -0.2) is 10.2 Å². The first kappa shape index (κ1) is 12.7. The molecule has 0 atom stereocenters. The zero-order chi connectivity index (χ0) is 14.3. The third-order valence-electron chi connectivity index (χ3n) is 3.68. The largest absolute Gasteiger partial charge is 0.454 e. The molecule has 0 saturated heterocycles. The number of ether oxygens (including phenoxy) is 1. The molecule has 1 fully saturated rings. The lowest BCUT2D eigenvalue weighted by molar-refractivity contribution is 0.472. The number of nitrogens with one attached hydrogen (secondary N) is 1. The van der Waals surface area contributed by atoms with Gasteiger partial charge in [-0.05, 0) is 56.9 Å². The van der Waals surface area contributed by atoms with Gasteiger partial charge in [0.1, 0.15) is 11.4 Å². The highest BCUT2D eigenvalue weighted by molar-refractivity contribution is 5.61. The standard InChI is InChI=1S/C16H17N3O/c1-9-7-13(8-10(2)14(9)17-4)20-16-11(3)18-19-15(16)12-5-6-12/h7-8,12H,5-6H2,1-3H3,(H,18,19). The quantitative estimate of drug-likeness (QED) is 0.828. The second-order valence-electron chi connectivity index (χ2n) is 5.46. The maximum atomic E-state index is 7.19. The molecular formula is C16H17N3O. The first-order valence-electron chi connectivity index (χ1n) is 6.81. The molecule has 4 heteroatoms. The Labute approximate surface area is 118 Å². The highest BCUT2D eigenvalue weighted by atomic mass is 16.5. The van der Waals surface area contributed by atoms with Crippen LogP contribution in [0.1, 0.15) is 41.3 Å². The summed E-state index contributed by atoms with van der Waals surface area (Å²) < 4.78 is 6.05. The molecule has 1 N–H and O–H groups in total. The van der Waals surface area contributed by atoms with Gasteiger partial charge in [0, 0.05) is 5.92 Å². The maximum absolute atomic E-state index is 7.19. The van der Waals surface area contributed by atoms with Gasteiger partial charge in [-0.15, -0.1) is 0 Å². The van der Waals surface area contributed by atoms with E-state index in [-0.39, 0.29) is 0 Å². The molecule has 102 valence electrons. The van der Waals surface area contributed by atoms with Gasteiger partial charge in [-0.1, -0.05) is 0 Å². The van der Waals surface area contributed by atoms with Crippen LogP contribution >= 0.6 is 0 Å². The van der Waals surface area contributed by atoms with Crippen molar-refractivity contribution in [3.8, 4) is 11.5 Å². The van der Waals surface area contributed by atoms with E-state index in [0.29, 0.717) is 11.6 Å². The van der Waals surface area contributed by atoms with Crippen LogP contribution in [0.3, 0.4) is 0 Å². The Balaban J connectivity index is 1.96. The van der Waals surface area contributed by atoms with Gasteiger partial charge in [0.15, 0.2) is 11.4 Å². The van der Waals surface area contributed by atoms with Crippen LogP contribution in [-0.2, 0) is 0 Å². The number of hydrogen-bond donors (Lipinski definition) is 1. The fourth-order valence-electron chi connectivity index (χ4n) is 2.47. The molecule has 0 bridgehead atoms. The van der Waals surface area contributed by atoms with Gasteiger partial charge in [0.05, 0.1) is 12.3 Å². The number of H-pyrrole nitrogens is 1. The number of aromatic nitrogens is 2. The molecule has 0 radical (unpaired) electrons. The lowest BCUT2D eigenvalue weighted by Crippen LogP contribution is -1.91. The summed E-state index contributed by atoms with van der Waals surface area (Å²) in [6.45, 7) is 13.1. The fourth-order valence-corrected chi connectivity index (χ4v) is 2.47. The van der Waals surface area contributed by atoms with Crippen LogP contribution in [0.4, 0.5) is 5.69 Å². The van der Waals surface area contributed by atoms with E-state index in [4.69, 9.17) is 11.3 Å². The first-order chi connectivity index (χ1) is 9.60. The molecule has 0 spiro atoms. The van der Waals surface area contributed by atoms with Gasteiger partial charge in [-0.2, -0.15) is 5.10 Å². The molecule has 20 heavy (non-hydrogen) atoms. The average Bonchev–Trinajstić information content (AvgIpc) is 3.16. The normalized spacial score (nSPS) is 14.1. The smallest absolute Gasteiger partial charge is 0.193 e. The summed E-state index contributed by atoms with van der Waals surface area (Å²) in [6, 6.07) is 3.84. The van der Waals surface area contributed by atoms with Gasteiger partial charge in [-0.25, -0.2) is 4.85 Å². The molecule has 2 aromatic rings. The van der Waals surface area contributed by atoms with E-state index >= 15 is 0 Å². The third kappa shape index (κ3) is 2.16. The molecular weight excluding hydrogens is 250 g/mol. The number of nitrogens with zero attached hydrogens (tertiary/aromatic N) is 2. The van der Waals surface area contributed by atoms with E-state index in [1.807, 2.05) is 32.9 Å². The highest BCUT2D eigenvalue weighted by Crippen LogP contribution is 2.45. The monoisotopic (exact) mass is 267 g/mol. The minimum Gasteiger partial charge on any atom is -0.454 e. The molecule has 0 unspecified atom stereocenters. The lowest BCUT2D eigenvalue weighted by atomic mass is 10.1. The molecule has 0 amide bonds. The van der Waals surface area contributed by atoms with E-state index < -0.39 is 0 Å². The van der Waals surface area contributed by atoms with Gasteiger partial charge in [-0.3, -0.25) is 5.10 Å². The second kappa shape index (κ2) is 4.68. The molecule has 0 aliphatic heterocycles. The average molecular weight is 267 g/mol. The van der Waals surface area contributed by atoms with Crippen molar-refractivity contribution in [2.75, 3.05) is 0 Å². The Hall–Kier alpha value is -2.28. The molecule has 1 aliphatic carbocycles. The second-order valence-corrected chi connectivity index (χ2v) is 5.46. The molecule has 1 aromatic carbocycles. The molecule has 1 aliphatic rings. The number of aromatic amines is 1. The number of benzene rings is 1. The van der Waals surface area contributed by atoms with Crippen LogP contribution in [0.15, 0.2) is 12.1 Å². The fraction of sp³-hybridized carbons (Fsp3) is 0.375. The van der Waals surface area contributed by atoms with Crippen LogP contribution < -0.4 is 4.74 Å². The third-order valence-corrected chi connectivity index (χ3v) is 3.68. The molecule has 1 saturated carbocycles. The van der Waals surface area contributed by atoms with Crippen molar-refractivity contribution in [1.82, 2.24) is 10.2 Å². The van der Waals surface area contributed by atoms with E-state index in [9.17, 15) is 0 Å². The predicted octanol–water partition coefficient (Wildman–Crippen LogP) is 4.56. The minimum atomic E-state index is 0.541. The molecule has 3 rings (SSSR count). The summed E-state index contributed by atoms with van der Waals surface area (Å²) in [5.41, 5.74) is 4.60. The number of hydrogen-bond acceptors (Lipinski definition) is 2. The van der Waals surface area contributed by atoms with Crippen molar-refractivity contribution in [3.63, 3.8) is 0 Å². The van der Waals surface area contributed by atoms with Crippen molar-refractivity contribution in [2.45, 2.75) is 39.5 Å². The number of aryl methyl sites for hydroxylation is 3. The summed E-state index contributed by atoms with van der Waals surface area (Å²) in [7, 11) is 0. The van der Waals surface area contributed by atoms with Crippen LogP contribution in [0, 0.1) is 27.3 Å². The molecule has 1 aromatic heterocycles. The Morgan fingerprint density at radius 2 is 1.90 bits per heavy atom. The Kier molecular flexibility index (Phi) is 2.98. The summed E-state index contributed by atoms with van der Waals surface area (Å²) in [5.74, 6) is 2.17. The zero-order valence-electron chi connectivity index (χ0n) is 11.9. The first-order valence-corrected chi connectivity index (χ1v) is 6.81. The summed E-state index contributed by atoms with van der Waals surface area (Å²) in [4.78, 5) is 3.56. The van der Waals surface area contributed by atoms with Gasteiger partial charge in [0.2, 0.25) is 0 Å². The SMILES string of the molecule is [C-]#[N+]c1c(C)cc(Oc2c(C3CC3)n[nH]c2C)cc1C. The zero-order valence-corrected chi connectivity index (χ0v) is 11.9. The molecule has 1 heterocycles. The van der Waals surface area contributed by atoms with Crippen LogP contribution in [0.25, 0.3) is 4.85 Å². The Bertz CT molecular complexity index is 682. The van der Waals surface area contributed by atoms with Crippen molar-refractivity contribution in [2.24, 2.45) is 0 Å². The summed E-state index contributed by atoms with van der Waals surface area (Å²) in [5, 5.41) is 7.36. The highest BCUT2D eigenvalue weighted by Gasteiger charge is 2.30. The van der Waals surface area contributed by atoms with Crippen molar-refractivity contribution < 1.29 is 4.74 Å². The van der Waals surface area contributed by atoms with Crippen LogP contribution in [0.5, 0.6) is 11.5 Å². The Morgan fingerprint density at radius 3 is 2.45 bits per heavy atom. The van der Waals surface area contributed by atoms with Crippen molar-refractivity contribution in [3.05, 3.63) is 46.1 Å². The van der Waals surface area contributed by atoms with Gasteiger partial charge in [0.25, 0.3) is 0 Å². The predicted molar refractivity (Wildman–Crippen MR) is 77.6 cm³/mol. The van der Waals surface area contributed by atoms with Crippen molar-refractivity contribution in [1.29, 1.82) is 0 Å². The maximum Gasteiger partial charge on any atom is 0.193 e. The topological polar surface area (TPSA) is 42.3 Å². The molecule has 4 nitrogen and oxygen atoms in total. The van der Waals surface area contributed by atoms with Crippen molar-refractivity contribution >= 4 is 5.69 Å². The van der Waals surface area contributed by atoms with E-state index in [0.717, 1.165) is 34.0 Å². The summed E-state index contributed by atoms with van der Waals surface area (Å²) in [6.07, 6.45) is 2.38. The van der Waals surface area contributed by atoms with Gasteiger partial charge >= 0.3 is 0 Å². The summed E-state index contributed by atoms with van der Waals surface area (Å²) >= 11 is 0. The number of rotatable bonds is 3. The minimum absolute atomic E-state index is 0.541. The van der Waals surface area contributed by atoms with E-state index in [1.54, 1.807) is 0 Å². The van der Waals surface area contributed by atoms with E-state index in [1.165, 1.54) is 12.8 Å². The Morgan fingerprint density at radius 1 is 1.25 bits per heavy atom.